The molecule has 0 bridgehead atoms. The Kier molecular flexibility index (Phi) is 3.15. The third-order valence-electron chi connectivity index (χ3n) is 3.14. The van der Waals surface area contributed by atoms with Gasteiger partial charge >= 0.3 is 0 Å². The summed E-state index contributed by atoms with van der Waals surface area (Å²) >= 11 is 0. The van der Waals surface area contributed by atoms with E-state index in [0.717, 1.165) is 6.42 Å². The largest absolute Gasteiger partial charge is 0.280 e. The topological polar surface area (TPSA) is 21.3 Å². The lowest BCUT2D eigenvalue weighted by molar-refractivity contribution is 0.127. The van der Waals surface area contributed by atoms with Crippen LogP contribution in [0.15, 0.2) is 23.9 Å². The molecule has 1 unspecified atom stereocenters. The van der Waals surface area contributed by atoms with Gasteiger partial charge in [0.2, 0.25) is 0 Å². The van der Waals surface area contributed by atoms with Crippen LogP contribution in [0, 0.1) is 11.3 Å². The molecule has 2 heteroatoms. The Morgan fingerprint density at radius 1 is 1.62 bits per heavy atom. The molecule has 0 amide bonds. The summed E-state index contributed by atoms with van der Waals surface area (Å²) in [5.41, 5.74) is 4.51. The number of allylic oxidation sites excluding steroid dienone is 3. The first-order chi connectivity index (χ1) is 6.09. The molecular formula is C11H19NO. The fraction of sp³-hybridized carbons (Fsp3) is 0.636. The van der Waals surface area contributed by atoms with E-state index in [0.29, 0.717) is 11.3 Å². The molecule has 0 saturated heterocycles. The molecule has 74 valence electrons. The van der Waals surface area contributed by atoms with Gasteiger partial charge in [-0.1, -0.05) is 31.6 Å². The van der Waals surface area contributed by atoms with Crippen molar-refractivity contribution in [2.75, 3.05) is 7.11 Å². The molecule has 0 spiro atoms. The van der Waals surface area contributed by atoms with Gasteiger partial charge in [0.15, 0.2) is 0 Å². The molecule has 0 saturated carbocycles. The van der Waals surface area contributed by atoms with Crippen LogP contribution in [0.2, 0.25) is 0 Å². The molecule has 2 nitrogen and oxygen atoms in total. The average Bonchev–Trinajstić information content (AvgIpc) is 2.32. The molecule has 0 aromatic rings. The smallest absolute Gasteiger partial charge is 0.0636 e. The predicted octanol–water partition coefficient (Wildman–Crippen LogP) is 2.64. The van der Waals surface area contributed by atoms with E-state index in [2.05, 4.69) is 38.4 Å². The average molecular weight is 181 g/mol. The molecule has 0 aromatic carbocycles. The van der Waals surface area contributed by atoms with E-state index in [-0.39, 0.29) is 0 Å². The van der Waals surface area contributed by atoms with E-state index >= 15 is 0 Å². The van der Waals surface area contributed by atoms with Gasteiger partial charge in [0, 0.05) is 6.20 Å². The van der Waals surface area contributed by atoms with Crippen molar-refractivity contribution in [2.24, 2.45) is 11.3 Å². The minimum absolute atomic E-state index is 0.298. The first-order valence-corrected chi connectivity index (χ1v) is 4.71. The minimum atomic E-state index is 0.298. The highest BCUT2D eigenvalue weighted by molar-refractivity contribution is 5.21. The van der Waals surface area contributed by atoms with Crippen LogP contribution in [0.1, 0.15) is 27.2 Å². The van der Waals surface area contributed by atoms with Gasteiger partial charge in [-0.3, -0.25) is 10.3 Å². The molecule has 1 rings (SSSR count). The Labute approximate surface area is 80.6 Å². The highest BCUT2D eigenvalue weighted by atomic mass is 16.6. The zero-order valence-corrected chi connectivity index (χ0v) is 8.92. The summed E-state index contributed by atoms with van der Waals surface area (Å²) in [5, 5.41) is 0. The van der Waals surface area contributed by atoms with Crippen LogP contribution in [0.4, 0.5) is 0 Å². The Balaban J connectivity index is 2.56. The first-order valence-electron chi connectivity index (χ1n) is 4.71. The van der Waals surface area contributed by atoms with Gasteiger partial charge in [0.1, 0.15) is 0 Å². The van der Waals surface area contributed by atoms with Crippen LogP contribution in [-0.2, 0) is 4.84 Å². The lowest BCUT2D eigenvalue weighted by Crippen LogP contribution is -2.19. The number of hydrogen-bond acceptors (Lipinski definition) is 2. The zero-order valence-electron chi connectivity index (χ0n) is 8.92. The molecule has 0 heterocycles. The standard InChI is InChI=1S/C11H19NO/c1-9-5-6-10(11(9,2)3)7-8-12-13-4/h5,7-8,10,12H,6H2,1-4H3. The van der Waals surface area contributed by atoms with Gasteiger partial charge in [0.05, 0.1) is 7.11 Å². The second-order valence-corrected chi connectivity index (χ2v) is 4.13. The van der Waals surface area contributed by atoms with Crippen molar-refractivity contribution in [2.45, 2.75) is 27.2 Å². The van der Waals surface area contributed by atoms with Gasteiger partial charge in [-0.15, -0.1) is 0 Å². The summed E-state index contributed by atoms with van der Waals surface area (Å²) in [6, 6.07) is 0. The van der Waals surface area contributed by atoms with Crippen molar-refractivity contribution in [3.8, 4) is 0 Å². The third kappa shape index (κ3) is 2.13. The van der Waals surface area contributed by atoms with E-state index in [1.807, 2.05) is 6.20 Å². The highest BCUT2D eigenvalue weighted by Crippen LogP contribution is 2.43. The van der Waals surface area contributed by atoms with E-state index in [1.54, 1.807) is 7.11 Å². The van der Waals surface area contributed by atoms with Crippen molar-refractivity contribution < 1.29 is 4.84 Å². The first kappa shape index (κ1) is 10.3. The number of hydroxylamine groups is 1. The fourth-order valence-corrected chi connectivity index (χ4v) is 1.70. The lowest BCUT2D eigenvalue weighted by Gasteiger charge is -2.27. The van der Waals surface area contributed by atoms with Crippen LogP contribution in [0.25, 0.3) is 0 Å². The maximum Gasteiger partial charge on any atom is 0.0636 e. The van der Waals surface area contributed by atoms with E-state index < -0.39 is 0 Å². The van der Waals surface area contributed by atoms with Gasteiger partial charge in [-0.2, -0.15) is 0 Å². The second kappa shape index (κ2) is 3.97. The molecule has 1 atom stereocenters. The Morgan fingerprint density at radius 3 is 2.77 bits per heavy atom. The molecule has 1 N–H and O–H groups in total. The zero-order chi connectivity index (χ0) is 9.90. The van der Waals surface area contributed by atoms with Crippen molar-refractivity contribution in [1.82, 2.24) is 5.48 Å². The van der Waals surface area contributed by atoms with Crippen molar-refractivity contribution in [1.29, 1.82) is 0 Å². The number of rotatable bonds is 3. The van der Waals surface area contributed by atoms with Gasteiger partial charge in [-0.05, 0) is 24.7 Å². The maximum absolute atomic E-state index is 4.74. The summed E-state index contributed by atoms with van der Waals surface area (Å²) in [4.78, 5) is 4.74. The van der Waals surface area contributed by atoms with Crippen LogP contribution < -0.4 is 5.48 Å². The van der Waals surface area contributed by atoms with Gasteiger partial charge < -0.3 is 0 Å². The maximum atomic E-state index is 4.74. The molecule has 1 aliphatic carbocycles. The summed E-state index contributed by atoms with van der Waals surface area (Å²) in [5.74, 6) is 0.593. The van der Waals surface area contributed by atoms with Crippen LogP contribution in [-0.4, -0.2) is 7.11 Å². The number of nitrogens with one attached hydrogen (secondary N) is 1. The number of hydrogen-bond donors (Lipinski definition) is 1. The summed E-state index contributed by atoms with van der Waals surface area (Å²) in [6.45, 7) is 6.78. The van der Waals surface area contributed by atoms with Crippen LogP contribution in [0.5, 0.6) is 0 Å². The third-order valence-corrected chi connectivity index (χ3v) is 3.14. The van der Waals surface area contributed by atoms with Crippen LogP contribution in [0.3, 0.4) is 0 Å². The summed E-state index contributed by atoms with van der Waals surface area (Å²) < 4.78 is 0. The van der Waals surface area contributed by atoms with Crippen molar-refractivity contribution in [3.63, 3.8) is 0 Å². The molecule has 0 aromatic heterocycles. The molecule has 0 fully saturated rings. The normalized spacial score (nSPS) is 26.5. The monoisotopic (exact) mass is 181 g/mol. The van der Waals surface area contributed by atoms with Gasteiger partial charge in [0.25, 0.3) is 0 Å². The fourth-order valence-electron chi connectivity index (χ4n) is 1.70. The lowest BCUT2D eigenvalue weighted by atomic mass is 9.78. The minimum Gasteiger partial charge on any atom is -0.280 e. The predicted molar refractivity (Wildman–Crippen MR) is 54.9 cm³/mol. The second-order valence-electron chi connectivity index (χ2n) is 4.13. The van der Waals surface area contributed by atoms with E-state index in [4.69, 9.17) is 4.84 Å². The molecular weight excluding hydrogens is 162 g/mol. The quantitative estimate of drug-likeness (QED) is 0.534. The highest BCUT2D eigenvalue weighted by Gasteiger charge is 2.32. The molecule has 0 aliphatic heterocycles. The van der Waals surface area contributed by atoms with Crippen LogP contribution >= 0.6 is 0 Å². The van der Waals surface area contributed by atoms with E-state index in [1.165, 1.54) is 5.57 Å². The summed E-state index contributed by atoms with van der Waals surface area (Å²) in [7, 11) is 1.62. The SMILES string of the molecule is CONC=CC1CC=C(C)C1(C)C. The molecule has 1 aliphatic rings. The Hall–Kier alpha value is -0.760. The van der Waals surface area contributed by atoms with Gasteiger partial charge in [-0.25, -0.2) is 0 Å². The molecule has 0 radical (unpaired) electrons. The van der Waals surface area contributed by atoms with Crippen molar-refractivity contribution in [3.05, 3.63) is 23.9 Å². The Bertz CT molecular complexity index is 228. The Morgan fingerprint density at radius 2 is 2.31 bits per heavy atom. The molecule has 13 heavy (non-hydrogen) atoms. The summed E-state index contributed by atoms with van der Waals surface area (Å²) in [6.07, 6.45) is 7.51. The van der Waals surface area contributed by atoms with E-state index in [9.17, 15) is 0 Å². The van der Waals surface area contributed by atoms with Crippen molar-refractivity contribution >= 4 is 0 Å².